The summed E-state index contributed by atoms with van der Waals surface area (Å²) in [7, 11) is 0. The summed E-state index contributed by atoms with van der Waals surface area (Å²) in [5.74, 6) is 0.994. The molecule has 1 aliphatic carbocycles. The maximum absolute atomic E-state index is 11.6. The molecule has 1 saturated carbocycles. The van der Waals surface area contributed by atoms with Gasteiger partial charge in [-0.25, -0.2) is 0 Å². The van der Waals surface area contributed by atoms with Gasteiger partial charge in [-0.3, -0.25) is 4.79 Å². The Hall–Kier alpha value is -0.610. The predicted molar refractivity (Wildman–Crippen MR) is 59.4 cm³/mol. The minimum absolute atomic E-state index is 0.0886. The molecule has 0 bridgehead atoms. The van der Waals surface area contributed by atoms with Crippen molar-refractivity contribution in [1.29, 1.82) is 0 Å². The number of nitrogens with zero attached hydrogens (tertiary/aromatic N) is 1. The topological polar surface area (TPSA) is 58.4 Å². The lowest BCUT2D eigenvalue weighted by Gasteiger charge is -2.19. The minimum Gasteiger partial charge on any atom is -0.340 e. The molecule has 0 radical (unpaired) electrons. The summed E-state index contributed by atoms with van der Waals surface area (Å²) in [4.78, 5) is 13.5. The van der Waals surface area contributed by atoms with Gasteiger partial charge in [0.15, 0.2) is 0 Å². The Morgan fingerprint density at radius 3 is 2.87 bits per heavy atom. The van der Waals surface area contributed by atoms with Gasteiger partial charge in [0.25, 0.3) is 0 Å². The molecular weight excluding hydrogens is 190 g/mol. The van der Waals surface area contributed by atoms with E-state index in [4.69, 9.17) is 5.73 Å². The standard InChI is InChI=1S/C11H21N3O/c1-8(12)11(15)14-5-4-10(7-14)13-6-9-2-3-9/h8-10,13H,2-7,12H2,1H3. The molecule has 0 aromatic carbocycles. The van der Waals surface area contributed by atoms with Crippen LogP contribution in [0.4, 0.5) is 0 Å². The van der Waals surface area contributed by atoms with Crippen LogP contribution in [0, 0.1) is 5.92 Å². The third-order valence-electron chi connectivity index (χ3n) is 3.28. The highest BCUT2D eigenvalue weighted by Gasteiger charge is 2.29. The lowest BCUT2D eigenvalue weighted by Crippen LogP contribution is -2.42. The van der Waals surface area contributed by atoms with Crippen molar-refractivity contribution < 1.29 is 4.79 Å². The first-order valence-electron chi connectivity index (χ1n) is 5.94. The molecule has 4 heteroatoms. The Kier molecular flexibility index (Phi) is 3.26. The third kappa shape index (κ3) is 2.92. The van der Waals surface area contributed by atoms with Gasteiger partial charge in [-0.05, 0) is 38.6 Å². The van der Waals surface area contributed by atoms with Crippen molar-refractivity contribution in [3.63, 3.8) is 0 Å². The van der Waals surface area contributed by atoms with Crippen molar-refractivity contribution in [1.82, 2.24) is 10.2 Å². The van der Waals surface area contributed by atoms with Crippen molar-refractivity contribution in [2.75, 3.05) is 19.6 Å². The Balaban J connectivity index is 1.70. The normalized spacial score (nSPS) is 28.1. The van der Waals surface area contributed by atoms with E-state index in [0.717, 1.165) is 32.0 Å². The number of amides is 1. The summed E-state index contributed by atoms with van der Waals surface area (Å²) in [6.45, 7) is 4.59. The fraction of sp³-hybridized carbons (Fsp3) is 0.909. The van der Waals surface area contributed by atoms with E-state index in [-0.39, 0.29) is 11.9 Å². The Bertz CT molecular complexity index is 238. The SMILES string of the molecule is CC(N)C(=O)N1CCC(NCC2CC2)C1. The number of nitrogens with one attached hydrogen (secondary N) is 1. The smallest absolute Gasteiger partial charge is 0.239 e. The van der Waals surface area contributed by atoms with Crippen LogP contribution in [0.2, 0.25) is 0 Å². The fourth-order valence-corrected chi connectivity index (χ4v) is 2.07. The average molecular weight is 211 g/mol. The van der Waals surface area contributed by atoms with Gasteiger partial charge in [0, 0.05) is 19.1 Å². The van der Waals surface area contributed by atoms with Crippen LogP contribution in [0.15, 0.2) is 0 Å². The van der Waals surface area contributed by atoms with E-state index in [9.17, 15) is 4.79 Å². The molecule has 3 N–H and O–H groups in total. The molecule has 1 aliphatic heterocycles. The molecule has 1 heterocycles. The Labute approximate surface area is 91.2 Å². The Morgan fingerprint density at radius 2 is 2.27 bits per heavy atom. The highest BCUT2D eigenvalue weighted by atomic mass is 16.2. The molecule has 2 rings (SSSR count). The monoisotopic (exact) mass is 211 g/mol. The molecule has 0 aromatic heterocycles. The second-order valence-electron chi connectivity index (χ2n) is 4.91. The first-order chi connectivity index (χ1) is 7.16. The molecule has 15 heavy (non-hydrogen) atoms. The zero-order chi connectivity index (χ0) is 10.8. The van der Waals surface area contributed by atoms with Crippen LogP contribution in [-0.4, -0.2) is 42.5 Å². The first kappa shape index (κ1) is 10.9. The largest absolute Gasteiger partial charge is 0.340 e. The van der Waals surface area contributed by atoms with Crippen LogP contribution in [0.25, 0.3) is 0 Å². The molecule has 1 amide bonds. The van der Waals surface area contributed by atoms with E-state index in [2.05, 4.69) is 5.32 Å². The molecular formula is C11H21N3O. The van der Waals surface area contributed by atoms with Gasteiger partial charge in [-0.15, -0.1) is 0 Å². The summed E-state index contributed by atoms with van der Waals surface area (Å²) in [5, 5.41) is 3.53. The lowest BCUT2D eigenvalue weighted by atomic mass is 10.2. The van der Waals surface area contributed by atoms with Gasteiger partial charge >= 0.3 is 0 Å². The highest BCUT2D eigenvalue weighted by molar-refractivity contribution is 5.81. The van der Waals surface area contributed by atoms with Crippen LogP contribution >= 0.6 is 0 Å². The van der Waals surface area contributed by atoms with Crippen molar-refractivity contribution in [2.24, 2.45) is 11.7 Å². The van der Waals surface area contributed by atoms with Crippen LogP contribution in [-0.2, 0) is 4.79 Å². The van der Waals surface area contributed by atoms with Gasteiger partial charge < -0.3 is 16.0 Å². The summed E-state index contributed by atoms with van der Waals surface area (Å²) < 4.78 is 0. The maximum atomic E-state index is 11.6. The van der Waals surface area contributed by atoms with Crippen LogP contribution in [0.3, 0.4) is 0 Å². The van der Waals surface area contributed by atoms with Crippen molar-refractivity contribution in [2.45, 2.75) is 38.3 Å². The van der Waals surface area contributed by atoms with Crippen molar-refractivity contribution in [3.05, 3.63) is 0 Å². The van der Waals surface area contributed by atoms with E-state index in [1.165, 1.54) is 12.8 Å². The average Bonchev–Trinajstić information content (AvgIpc) is 2.92. The van der Waals surface area contributed by atoms with E-state index in [1.54, 1.807) is 6.92 Å². The van der Waals surface area contributed by atoms with Crippen LogP contribution in [0.5, 0.6) is 0 Å². The molecule has 0 spiro atoms. The zero-order valence-corrected chi connectivity index (χ0v) is 9.41. The first-order valence-corrected chi connectivity index (χ1v) is 5.94. The van der Waals surface area contributed by atoms with Crippen molar-refractivity contribution in [3.8, 4) is 0 Å². The molecule has 1 saturated heterocycles. The number of hydrogen-bond donors (Lipinski definition) is 2. The molecule has 2 atom stereocenters. The number of nitrogens with two attached hydrogens (primary N) is 1. The minimum atomic E-state index is -0.354. The second kappa shape index (κ2) is 4.49. The van der Waals surface area contributed by atoms with Gasteiger partial charge in [-0.2, -0.15) is 0 Å². The van der Waals surface area contributed by atoms with Crippen molar-refractivity contribution >= 4 is 5.91 Å². The lowest BCUT2D eigenvalue weighted by molar-refractivity contribution is -0.131. The maximum Gasteiger partial charge on any atom is 0.239 e. The molecule has 2 unspecified atom stereocenters. The van der Waals surface area contributed by atoms with E-state index >= 15 is 0 Å². The zero-order valence-electron chi connectivity index (χ0n) is 9.41. The molecule has 0 aromatic rings. The number of hydrogen-bond acceptors (Lipinski definition) is 3. The summed E-state index contributed by atoms with van der Waals surface area (Å²) in [5.41, 5.74) is 5.58. The number of carbonyl (C=O) groups excluding carboxylic acids is 1. The highest BCUT2D eigenvalue weighted by Crippen LogP contribution is 2.28. The molecule has 2 aliphatic rings. The van der Waals surface area contributed by atoms with Gasteiger partial charge in [0.2, 0.25) is 5.91 Å². The predicted octanol–water partition coefficient (Wildman–Crippen LogP) is -0.0659. The van der Waals surface area contributed by atoms with E-state index < -0.39 is 0 Å². The molecule has 2 fully saturated rings. The fourth-order valence-electron chi connectivity index (χ4n) is 2.07. The van der Waals surface area contributed by atoms with Gasteiger partial charge in [0.05, 0.1) is 6.04 Å². The number of rotatable bonds is 4. The molecule has 86 valence electrons. The number of likely N-dealkylation sites (tertiary alicyclic amines) is 1. The third-order valence-corrected chi connectivity index (χ3v) is 3.28. The van der Waals surface area contributed by atoms with Crippen LogP contribution < -0.4 is 11.1 Å². The number of carbonyl (C=O) groups is 1. The van der Waals surface area contributed by atoms with Gasteiger partial charge in [-0.1, -0.05) is 0 Å². The van der Waals surface area contributed by atoms with E-state index in [1.807, 2.05) is 4.90 Å². The summed E-state index contributed by atoms with van der Waals surface area (Å²) in [6.07, 6.45) is 3.83. The summed E-state index contributed by atoms with van der Waals surface area (Å²) in [6, 6.07) is 0.139. The second-order valence-corrected chi connectivity index (χ2v) is 4.91. The van der Waals surface area contributed by atoms with Crippen LogP contribution in [0.1, 0.15) is 26.2 Å². The Morgan fingerprint density at radius 1 is 1.53 bits per heavy atom. The van der Waals surface area contributed by atoms with Gasteiger partial charge in [0.1, 0.15) is 0 Å². The van der Waals surface area contributed by atoms with E-state index in [0.29, 0.717) is 6.04 Å². The quantitative estimate of drug-likeness (QED) is 0.684. The molecule has 4 nitrogen and oxygen atoms in total. The summed E-state index contributed by atoms with van der Waals surface area (Å²) >= 11 is 0.